The Balaban J connectivity index is 1.87. The molecule has 2 rings (SSSR count). The van der Waals surface area contributed by atoms with Gasteiger partial charge in [-0.2, -0.15) is 0 Å². The smallest absolute Gasteiger partial charge is 0.255 e. The van der Waals surface area contributed by atoms with Crippen molar-refractivity contribution in [3.63, 3.8) is 0 Å². The summed E-state index contributed by atoms with van der Waals surface area (Å²) in [5.41, 5.74) is 7.39. The molecular formula is C16H19N3O. The van der Waals surface area contributed by atoms with Crippen LogP contribution in [0.25, 0.3) is 0 Å². The van der Waals surface area contributed by atoms with Crippen molar-refractivity contribution in [1.82, 2.24) is 10.3 Å². The second-order valence-corrected chi connectivity index (χ2v) is 4.83. The van der Waals surface area contributed by atoms with Gasteiger partial charge in [-0.3, -0.25) is 4.79 Å². The summed E-state index contributed by atoms with van der Waals surface area (Å²) in [5.74, 6) is 0.0939. The Hall–Kier alpha value is -2.36. The third-order valence-corrected chi connectivity index (χ3v) is 3.17. The first-order chi connectivity index (χ1) is 9.66. The highest BCUT2D eigenvalue weighted by Crippen LogP contribution is 2.09. The Morgan fingerprint density at radius 1 is 1.25 bits per heavy atom. The molecule has 0 unspecified atom stereocenters. The van der Waals surface area contributed by atoms with Gasteiger partial charge in [0.25, 0.3) is 5.91 Å². The Morgan fingerprint density at radius 2 is 2.00 bits per heavy atom. The highest BCUT2D eigenvalue weighted by molar-refractivity contribution is 5.98. The topological polar surface area (TPSA) is 68.0 Å². The molecule has 1 atom stereocenters. The molecule has 0 spiro atoms. The minimum absolute atomic E-state index is 0.0855. The van der Waals surface area contributed by atoms with E-state index in [0.717, 1.165) is 12.8 Å². The van der Waals surface area contributed by atoms with Crippen molar-refractivity contribution >= 4 is 11.7 Å². The van der Waals surface area contributed by atoms with Gasteiger partial charge in [0.2, 0.25) is 0 Å². The number of aryl methyl sites for hydroxylation is 1. The maximum Gasteiger partial charge on any atom is 0.255 e. The lowest BCUT2D eigenvalue weighted by Crippen LogP contribution is -2.33. The van der Waals surface area contributed by atoms with Crippen LogP contribution in [0.2, 0.25) is 0 Å². The predicted octanol–water partition coefficient (Wildman–Crippen LogP) is 2.41. The molecule has 0 aliphatic rings. The van der Waals surface area contributed by atoms with E-state index in [1.165, 1.54) is 5.56 Å². The van der Waals surface area contributed by atoms with Gasteiger partial charge >= 0.3 is 0 Å². The second kappa shape index (κ2) is 6.70. The number of benzene rings is 1. The number of carbonyl (C=O) groups excluding carboxylic acids is 1. The highest BCUT2D eigenvalue weighted by atomic mass is 16.1. The SMILES string of the molecule is C[C@@H](CCc1ccccc1)NC(=O)c1cccnc1N. The number of pyridine rings is 1. The van der Waals surface area contributed by atoms with Gasteiger partial charge in [0, 0.05) is 12.2 Å². The molecule has 4 heteroatoms. The summed E-state index contributed by atoms with van der Waals surface area (Å²) in [6.45, 7) is 1.99. The van der Waals surface area contributed by atoms with E-state index in [1.54, 1.807) is 18.3 Å². The monoisotopic (exact) mass is 269 g/mol. The number of nitrogens with one attached hydrogen (secondary N) is 1. The molecule has 0 radical (unpaired) electrons. The molecule has 0 bridgehead atoms. The van der Waals surface area contributed by atoms with Crippen LogP contribution >= 0.6 is 0 Å². The fraction of sp³-hybridized carbons (Fsp3) is 0.250. The zero-order valence-electron chi connectivity index (χ0n) is 11.5. The van der Waals surface area contributed by atoms with Gasteiger partial charge in [-0.25, -0.2) is 4.98 Å². The minimum atomic E-state index is -0.170. The maximum absolute atomic E-state index is 12.1. The maximum atomic E-state index is 12.1. The molecule has 2 aromatic rings. The van der Waals surface area contributed by atoms with Gasteiger partial charge in [-0.15, -0.1) is 0 Å². The number of carbonyl (C=O) groups is 1. The Morgan fingerprint density at radius 3 is 2.70 bits per heavy atom. The van der Waals surface area contributed by atoms with Crippen molar-refractivity contribution in [3.05, 3.63) is 59.8 Å². The van der Waals surface area contributed by atoms with Crippen molar-refractivity contribution in [3.8, 4) is 0 Å². The van der Waals surface area contributed by atoms with Crippen molar-refractivity contribution in [1.29, 1.82) is 0 Å². The van der Waals surface area contributed by atoms with Crippen LogP contribution in [-0.4, -0.2) is 16.9 Å². The molecule has 1 heterocycles. The minimum Gasteiger partial charge on any atom is -0.383 e. The summed E-state index contributed by atoms with van der Waals surface area (Å²) in [6.07, 6.45) is 3.39. The first-order valence-electron chi connectivity index (χ1n) is 6.72. The molecule has 0 fully saturated rings. The number of nitrogens with two attached hydrogens (primary N) is 1. The predicted molar refractivity (Wildman–Crippen MR) is 80.3 cm³/mol. The molecule has 0 aliphatic carbocycles. The lowest BCUT2D eigenvalue weighted by molar-refractivity contribution is 0.0939. The first kappa shape index (κ1) is 14.1. The van der Waals surface area contributed by atoms with Crippen LogP contribution in [0.1, 0.15) is 29.3 Å². The summed E-state index contributed by atoms with van der Waals surface area (Å²) >= 11 is 0. The van der Waals surface area contributed by atoms with Crippen LogP contribution in [0.15, 0.2) is 48.7 Å². The zero-order chi connectivity index (χ0) is 14.4. The Labute approximate surface area is 119 Å². The van der Waals surface area contributed by atoms with Gasteiger partial charge in [-0.1, -0.05) is 30.3 Å². The second-order valence-electron chi connectivity index (χ2n) is 4.83. The molecule has 20 heavy (non-hydrogen) atoms. The summed E-state index contributed by atoms with van der Waals surface area (Å²) in [7, 11) is 0. The Kier molecular flexibility index (Phi) is 4.71. The van der Waals surface area contributed by atoms with Gasteiger partial charge < -0.3 is 11.1 Å². The lowest BCUT2D eigenvalue weighted by Gasteiger charge is -2.14. The van der Waals surface area contributed by atoms with Crippen LogP contribution in [-0.2, 0) is 6.42 Å². The van der Waals surface area contributed by atoms with Gasteiger partial charge in [0.15, 0.2) is 0 Å². The van der Waals surface area contributed by atoms with Gasteiger partial charge in [-0.05, 0) is 37.5 Å². The normalized spacial score (nSPS) is 11.8. The summed E-state index contributed by atoms with van der Waals surface area (Å²) in [5, 5.41) is 2.95. The molecule has 0 saturated heterocycles. The van der Waals surface area contributed by atoms with E-state index in [9.17, 15) is 4.79 Å². The van der Waals surface area contributed by atoms with E-state index in [0.29, 0.717) is 5.56 Å². The summed E-state index contributed by atoms with van der Waals surface area (Å²) in [4.78, 5) is 16.0. The molecule has 1 aromatic heterocycles. The van der Waals surface area contributed by atoms with Crippen LogP contribution in [0.3, 0.4) is 0 Å². The molecule has 1 amide bonds. The van der Waals surface area contributed by atoms with Crippen molar-refractivity contribution in [2.24, 2.45) is 0 Å². The number of aromatic nitrogens is 1. The van der Waals surface area contributed by atoms with Crippen LogP contribution < -0.4 is 11.1 Å². The molecule has 104 valence electrons. The number of rotatable bonds is 5. The largest absolute Gasteiger partial charge is 0.383 e. The molecule has 1 aromatic carbocycles. The number of nitrogens with zero attached hydrogens (tertiary/aromatic N) is 1. The number of anilines is 1. The molecular weight excluding hydrogens is 250 g/mol. The molecule has 0 aliphatic heterocycles. The average Bonchev–Trinajstić information content (AvgIpc) is 2.46. The van der Waals surface area contributed by atoms with E-state index in [2.05, 4.69) is 22.4 Å². The van der Waals surface area contributed by atoms with E-state index in [-0.39, 0.29) is 17.8 Å². The fourth-order valence-corrected chi connectivity index (χ4v) is 2.01. The van der Waals surface area contributed by atoms with E-state index < -0.39 is 0 Å². The fourth-order valence-electron chi connectivity index (χ4n) is 2.01. The third-order valence-electron chi connectivity index (χ3n) is 3.17. The van der Waals surface area contributed by atoms with Gasteiger partial charge in [0.05, 0.1) is 5.56 Å². The first-order valence-corrected chi connectivity index (χ1v) is 6.72. The molecule has 4 nitrogen and oxygen atoms in total. The lowest BCUT2D eigenvalue weighted by atomic mass is 10.1. The molecule has 3 N–H and O–H groups in total. The quantitative estimate of drug-likeness (QED) is 0.876. The van der Waals surface area contributed by atoms with Crippen LogP contribution in [0.5, 0.6) is 0 Å². The van der Waals surface area contributed by atoms with Gasteiger partial charge in [0.1, 0.15) is 5.82 Å². The standard InChI is InChI=1S/C16H19N3O/c1-12(9-10-13-6-3-2-4-7-13)19-16(20)14-8-5-11-18-15(14)17/h2-8,11-12H,9-10H2,1H3,(H2,17,18)(H,19,20)/t12-/m0/s1. The van der Waals surface area contributed by atoms with Crippen LogP contribution in [0, 0.1) is 0 Å². The zero-order valence-corrected chi connectivity index (χ0v) is 11.5. The van der Waals surface area contributed by atoms with Crippen molar-refractivity contribution in [2.45, 2.75) is 25.8 Å². The summed E-state index contributed by atoms with van der Waals surface area (Å²) < 4.78 is 0. The van der Waals surface area contributed by atoms with E-state index in [1.807, 2.05) is 25.1 Å². The molecule has 0 saturated carbocycles. The third kappa shape index (κ3) is 3.82. The highest BCUT2D eigenvalue weighted by Gasteiger charge is 2.12. The van der Waals surface area contributed by atoms with Crippen molar-refractivity contribution in [2.75, 3.05) is 5.73 Å². The summed E-state index contributed by atoms with van der Waals surface area (Å²) in [6, 6.07) is 13.7. The number of hydrogen-bond acceptors (Lipinski definition) is 3. The number of nitrogen functional groups attached to an aromatic ring is 1. The van der Waals surface area contributed by atoms with E-state index >= 15 is 0 Å². The van der Waals surface area contributed by atoms with Crippen molar-refractivity contribution < 1.29 is 4.79 Å². The Bertz CT molecular complexity index is 569. The van der Waals surface area contributed by atoms with E-state index in [4.69, 9.17) is 5.73 Å². The average molecular weight is 269 g/mol. The number of hydrogen-bond donors (Lipinski definition) is 2. The van der Waals surface area contributed by atoms with Crippen LogP contribution in [0.4, 0.5) is 5.82 Å². The number of amides is 1.